The molecule has 2 rings (SSSR count). The fraction of sp³-hybridized carbons (Fsp3) is 0.350. The van der Waals surface area contributed by atoms with Gasteiger partial charge >= 0.3 is 6.18 Å². The van der Waals surface area contributed by atoms with Crippen LogP contribution in [0.4, 0.5) is 18.9 Å². The molecule has 2 aromatic rings. The van der Waals surface area contributed by atoms with Crippen molar-refractivity contribution in [3.8, 4) is 0 Å². The molecule has 0 unspecified atom stereocenters. The summed E-state index contributed by atoms with van der Waals surface area (Å²) in [6.45, 7) is 1.13. The third kappa shape index (κ3) is 6.33. The fourth-order valence-corrected chi connectivity index (χ4v) is 3.54. The van der Waals surface area contributed by atoms with Gasteiger partial charge in [-0.05, 0) is 41.8 Å². The Labute approximate surface area is 197 Å². The van der Waals surface area contributed by atoms with Crippen LogP contribution in [0.15, 0.2) is 30.3 Å². The first-order chi connectivity index (χ1) is 14.4. The molecule has 0 aliphatic carbocycles. The van der Waals surface area contributed by atoms with E-state index in [9.17, 15) is 23.1 Å². The van der Waals surface area contributed by atoms with Gasteiger partial charge in [-0.1, -0.05) is 59.4 Å². The quantitative estimate of drug-likeness (QED) is 0.346. The predicted octanol–water partition coefficient (Wildman–Crippen LogP) is 6.58. The summed E-state index contributed by atoms with van der Waals surface area (Å²) in [7, 11) is 0. The molecule has 1 atom stereocenters. The van der Waals surface area contributed by atoms with Crippen molar-refractivity contribution < 1.29 is 23.1 Å². The number of alkyl halides is 3. The van der Waals surface area contributed by atoms with E-state index in [0.29, 0.717) is 18.4 Å². The van der Waals surface area contributed by atoms with Crippen molar-refractivity contribution >= 4 is 58.0 Å². The van der Waals surface area contributed by atoms with Crippen molar-refractivity contribution in [2.75, 3.05) is 11.9 Å². The lowest BCUT2D eigenvalue weighted by Crippen LogP contribution is -2.47. The van der Waals surface area contributed by atoms with Gasteiger partial charge in [0.05, 0.1) is 21.6 Å². The first-order valence-electron chi connectivity index (χ1n) is 9.12. The van der Waals surface area contributed by atoms with Crippen molar-refractivity contribution in [1.82, 2.24) is 5.32 Å². The Morgan fingerprint density at radius 2 is 1.65 bits per heavy atom. The molecule has 11 heteroatoms. The van der Waals surface area contributed by atoms with Crippen LogP contribution in [-0.2, 0) is 16.9 Å². The molecule has 0 spiro atoms. The second-order valence-electron chi connectivity index (χ2n) is 6.80. The largest absolute Gasteiger partial charge is 0.423 e. The normalized spacial score (nSPS) is 13.6. The third-order valence-electron chi connectivity index (χ3n) is 4.48. The van der Waals surface area contributed by atoms with E-state index in [1.54, 1.807) is 6.07 Å². The summed E-state index contributed by atoms with van der Waals surface area (Å²) in [6, 6.07) is 6.30. The van der Waals surface area contributed by atoms with Crippen LogP contribution in [0.3, 0.4) is 0 Å². The monoisotopic (exact) mass is 516 g/mol. The van der Waals surface area contributed by atoms with Crippen molar-refractivity contribution in [3.05, 3.63) is 61.5 Å². The number of nitrogens with one attached hydrogen (secondary N) is 2. The highest BCUT2D eigenvalue weighted by atomic mass is 35.5. The molecule has 0 heterocycles. The molecule has 0 radical (unpaired) electrons. The van der Waals surface area contributed by atoms with E-state index >= 15 is 0 Å². The average molecular weight is 518 g/mol. The number of benzene rings is 2. The molecule has 0 saturated carbocycles. The SMILES string of the molecule is CCCC(=O)NCc1ccc(NC[C@@](O)(c2cc(Cl)c(Cl)c(Cl)c2)C(F)(F)F)cc1Cl. The molecule has 170 valence electrons. The van der Waals surface area contributed by atoms with Gasteiger partial charge in [-0.25, -0.2) is 0 Å². The van der Waals surface area contributed by atoms with Crippen molar-refractivity contribution in [2.45, 2.75) is 38.1 Å². The highest BCUT2D eigenvalue weighted by Crippen LogP contribution is 2.43. The van der Waals surface area contributed by atoms with Crippen molar-refractivity contribution in [3.63, 3.8) is 0 Å². The van der Waals surface area contributed by atoms with Crippen LogP contribution in [0.25, 0.3) is 0 Å². The maximum atomic E-state index is 13.8. The fourth-order valence-electron chi connectivity index (χ4n) is 2.70. The Kier molecular flexibility index (Phi) is 8.76. The van der Waals surface area contributed by atoms with Gasteiger partial charge in [0.15, 0.2) is 0 Å². The Balaban J connectivity index is 2.21. The molecule has 1 amide bonds. The van der Waals surface area contributed by atoms with E-state index in [0.717, 1.165) is 12.1 Å². The van der Waals surface area contributed by atoms with Crippen LogP contribution in [0.1, 0.15) is 30.9 Å². The van der Waals surface area contributed by atoms with E-state index in [-0.39, 0.29) is 38.2 Å². The Hall–Kier alpha value is -1.38. The topological polar surface area (TPSA) is 61.4 Å². The number of rotatable bonds is 8. The van der Waals surface area contributed by atoms with E-state index in [1.165, 1.54) is 12.1 Å². The molecule has 2 aromatic carbocycles. The minimum absolute atomic E-state index is 0.113. The number of aliphatic hydroxyl groups is 1. The summed E-state index contributed by atoms with van der Waals surface area (Å²) in [4.78, 5) is 11.6. The lowest BCUT2D eigenvalue weighted by molar-refractivity contribution is -0.260. The number of hydrogen-bond acceptors (Lipinski definition) is 3. The molecule has 0 fully saturated rings. The summed E-state index contributed by atoms with van der Waals surface area (Å²) >= 11 is 23.7. The minimum Gasteiger partial charge on any atom is -0.381 e. The highest BCUT2D eigenvalue weighted by molar-refractivity contribution is 6.48. The summed E-state index contributed by atoms with van der Waals surface area (Å²) in [5.41, 5.74) is -3.03. The summed E-state index contributed by atoms with van der Waals surface area (Å²) in [5, 5.41) is 15.4. The first kappa shape index (κ1) is 25.9. The Morgan fingerprint density at radius 3 is 2.16 bits per heavy atom. The van der Waals surface area contributed by atoms with Gasteiger partial charge < -0.3 is 15.7 Å². The van der Waals surface area contributed by atoms with Gasteiger partial charge in [0.25, 0.3) is 0 Å². The molecule has 3 N–H and O–H groups in total. The van der Waals surface area contributed by atoms with E-state index in [4.69, 9.17) is 46.4 Å². The predicted molar refractivity (Wildman–Crippen MR) is 118 cm³/mol. The second kappa shape index (κ2) is 10.5. The molecule has 31 heavy (non-hydrogen) atoms. The van der Waals surface area contributed by atoms with Crippen LogP contribution in [0.2, 0.25) is 20.1 Å². The van der Waals surface area contributed by atoms with E-state index in [2.05, 4.69) is 10.6 Å². The lowest BCUT2D eigenvalue weighted by Gasteiger charge is -2.32. The molecule has 0 aromatic heterocycles. The van der Waals surface area contributed by atoms with Gasteiger partial charge in [-0.3, -0.25) is 4.79 Å². The maximum absolute atomic E-state index is 13.8. The van der Waals surface area contributed by atoms with E-state index < -0.39 is 23.9 Å². The van der Waals surface area contributed by atoms with Gasteiger partial charge in [-0.2, -0.15) is 13.2 Å². The number of halogens is 7. The smallest absolute Gasteiger partial charge is 0.381 e. The van der Waals surface area contributed by atoms with Gasteiger partial charge in [0.1, 0.15) is 0 Å². The van der Waals surface area contributed by atoms with Crippen LogP contribution in [0.5, 0.6) is 0 Å². The zero-order chi connectivity index (χ0) is 23.4. The zero-order valence-corrected chi connectivity index (χ0v) is 19.2. The number of anilines is 1. The van der Waals surface area contributed by atoms with Crippen molar-refractivity contribution in [2.24, 2.45) is 0 Å². The van der Waals surface area contributed by atoms with Crippen LogP contribution in [0, 0.1) is 0 Å². The van der Waals surface area contributed by atoms with Gasteiger partial charge in [0, 0.05) is 23.7 Å². The lowest BCUT2D eigenvalue weighted by atomic mass is 9.92. The molecule has 4 nitrogen and oxygen atoms in total. The molecule has 0 aliphatic rings. The molecule has 0 saturated heterocycles. The Bertz CT molecular complexity index is 934. The molecular weight excluding hydrogens is 499 g/mol. The summed E-state index contributed by atoms with van der Waals surface area (Å²) < 4.78 is 41.3. The number of amides is 1. The third-order valence-corrected chi connectivity index (χ3v) is 6.03. The molecular formula is C20H19Cl4F3N2O2. The second-order valence-corrected chi connectivity index (χ2v) is 8.40. The minimum atomic E-state index is -5.05. The summed E-state index contributed by atoms with van der Waals surface area (Å²) in [5.74, 6) is -0.128. The van der Waals surface area contributed by atoms with Gasteiger partial charge in [-0.15, -0.1) is 0 Å². The molecule has 0 aliphatic heterocycles. The number of carbonyl (C=O) groups is 1. The highest BCUT2D eigenvalue weighted by Gasteiger charge is 2.55. The molecule has 0 bridgehead atoms. The van der Waals surface area contributed by atoms with Crippen LogP contribution in [-0.4, -0.2) is 23.7 Å². The number of carbonyl (C=O) groups excluding carboxylic acids is 1. The standard InChI is InChI=1S/C20H19Cl4F3N2O2/c1-2-3-17(30)28-9-11-4-5-13(8-14(11)21)29-10-19(31,20(25,26)27)12-6-15(22)18(24)16(23)7-12/h4-8,29,31H,2-3,9-10H2,1H3,(H,28,30)/t19-/m1/s1. The first-order valence-corrected chi connectivity index (χ1v) is 10.6. The van der Waals surface area contributed by atoms with Crippen LogP contribution < -0.4 is 10.6 Å². The summed E-state index contributed by atoms with van der Waals surface area (Å²) in [6.07, 6.45) is -3.96. The maximum Gasteiger partial charge on any atom is 0.423 e. The zero-order valence-electron chi connectivity index (χ0n) is 16.2. The number of hydrogen-bond donors (Lipinski definition) is 3. The van der Waals surface area contributed by atoms with E-state index in [1.807, 2.05) is 6.92 Å². The Morgan fingerprint density at radius 1 is 1.03 bits per heavy atom. The van der Waals surface area contributed by atoms with Gasteiger partial charge in [0.2, 0.25) is 11.5 Å². The average Bonchev–Trinajstić information content (AvgIpc) is 2.68. The van der Waals surface area contributed by atoms with Crippen molar-refractivity contribution in [1.29, 1.82) is 0 Å². The van der Waals surface area contributed by atoms with Crippen LogP contribution >= 0.6 is 46.4 Å².